The average Bonchev–Trinajstić information content (AvgIpc) is 2.89. The zero-order chi connectivity index (χ0) is 26.1. The Morgan fingerprint density at radius 1 is 0.833 bits per heavy atom. The number of methoxy groups -OCH3 is 3. The van der Waals surface area contributed by atoms with Gasteiger partial charge in [0.25, 0.3) is 17.5 Å². The number of anilines is 3. The van der Waals surface area contributed by atoms with Crippen LogP contribution in [0.5, 0.6) is 11.5 Å². The maximum absolute atomic E-state index is 13.2. The molecule has 0 saturated heterocycles. The van der Waals surface area contributed by atoms with Gasteiger partial charge in [-0.05, 0) is 18.2 Å². The van der Waals surface area contributed by atoms with Gasteiger partial charge in [0.05, 0.1) is 42.7 Å². The molecule has 0 aromatic heterocycles. The Hall–Kier alpha value is -4.64. The smallest absolute Gasteiger partial charge is 0.270 e. The van der Waals surface area contributed by atoms with Crippen LogP contribution in [0.15, 0.2) is 60.7 Å². The number of carbonyl (C=O) groups excluding carboxylic acids is 2. The summed E-state index contributed by atoms with van der Waals surface area (Å²) >= 11 is 0. The number of carbonyl (C=O) groups is 2. The maximum atomic E-state index is 13.2. The number of benzene rings is 3. The first-order chi connectivity index (χ1) is 17.4. The van der Waals surface area contributed by atoms with E-state index >= 15 is 0 Å². The third kappa shape index (κ3) is 6.27. The predicted molar refractivity (Wildman–Crippen MR) is 135 cm³/mol. The number of non-ortho nitro benzene ring substituents is 1. The van der Waals surface area contributed by atoms with Gasteiger partial charge < -0.3 is 30.2 Å². The fraction of sp³-hybridized carbons (Fsp3) is 0.200. The van der Waals surface area contributed by atoms with Crippen LogP contribution in [-0.4, -0.2) is 51.2 Å². The van der Waals surface area contributed by atoms with Crippen LogP contribution in [-0.2, 0) is 4.74 Å². The molecule has 0 aliphatic heterocycles. The lowest BCUT2D eigenvalue weighted by atomic mass is 10.1. The number of hydrogen-bond donors (Lipinski definition) is 3. The number of nitrogens with zero attached hydrogens (tertiary/aromatic N) is 1. The second-order valence-corrected chi connectivity index (χ2v) is 7.43. The predicted octanol–water partition coefficient (Wildman–Crippen LogP) is 4.17. The highest BCUT2D eigenvalue weighted by Gasteiger charge is 2.20. The van der Waals surface area contributed by atoms with Gasteiger partial charge >= 0.3 is 0 Å². The van der Waals surface area contributed by atoms with Crippen molar-refractivity contribution in [2.24, 2.45) is 0 Å². The summed E-state index contributed by atoms with van der Waals surface area (Å²) in [4.78, 5) is 36.5. The van der Waals surface area contributed by atoms with Gasteiger partial charge in [0.15, 0.2) is 0 Å². The molecule has 0 aliphatic rings. The highest BCUT2D eigenvalue weighted by atomic mass is 16.6. The molecule has 0 saturated carbocycles. The molecule has 0 bridgehead atoms. The lowest BCUT2D eigenvalue weighted by molar-refractivity contribution is -0.384. The van der Waals surface area contributed by atoms with Gasteiger partial charge in [-0.15, -0.1) is 0 Å². The maximum Gasteiger partial charge on any atom is 0.270 e. The minimum Gasteiger partial charge on any atom is -0.494 e. The number of nitro groups is 1. The van der Waals surface area contributed by atoms with Crippen LogP contribution in [0.1, 0.15) is 20.7 Å². The third-order valence-corrected chi connectivity index (χ3v) is 5.13. The van der Waals surface area contributed by atoms with Gasteiger partial charge in [-0.3, -0.25) is 19.7 Å². The summed E-state index contributed by atoms with van der Waals surface area (Å²) in [7, 11) is 4.37. The zero-order valence-electron chi connectivity index (χ0n) is 20.0. The van der Waals surface area contributed by atoms with Crippen molar-refractivity contribution < 1.29 is 28.7 Å². The van der Waals surface area contributed by atoms with Crippen LogP contribution in [0.2, 0.25) is 0 Å². The Bertz CT molecular complexity index is 1250. The molecule has 3 aromatic carbocycles. The summed E-state index contributed by atoms with van der Waals surface area (Å²) < 4.78 is 15.8. The first-order valence-electron chi connectivity index (χ1n) is 10.8. The fourth-order valence-corrected chi connectivity index (χ4v) is 3.34. The molecule has 0 radical (unpaired) electrons. The molecule has 0 fully saturated rings. The molecule has 0 spiro atoms. The van der Waals surface area contributed by atoms with E-state index in [1.54, 1.807) is 30.3 Å². The number of ether oxygens (including phenoxy) is 3. The number of hydrogen-bond acceptors (Lipinski definition) is 8. The monoisotopic (exact) mass is 494 g/mol. The first-order valence-corrected chi connectivity index (χ1v) is 10.8. The lowest BCUT2D eigenvalue weighted by Gasteiger charge is -2.17. The van der Waals surface area contributed by atoms with Gasteiger partial charge in [-0.1, -0.05) is 18.2 Å². The normalized spacial score (nSPS) is 10.3. The van der Waals surface area contributed by atoms with E-state index < -0.39 is 10.8 Å². The van der Waals surface area contributed by atoms with Crippen molar-refractivity contribution in [2.75, 3.05) is 50.4 Å². The molecule has 3 rings (SSSR count). The van der Waals surface area contributed by atoms with E-state index in [4.69, 9.17) is 14.2 Å². The first kappa shape index (κ1) is 26.0. The summed E-state index contributed by atoms with van der Waals surface area (Å²) in [5.74, 6) is -0.448. The number of amides is 2. The summed E-state index contributed by atoms with van der Waals surface area (Å²) in [5, 5.41) is 19.8. The molecule has 11 nitrogen and oxygen atoms in total. The van der Waals surface area contributed by atoms with Gasteiger partial charge in [0.2, 0.25) is 0 Å². The van der Waals surface area contributed by atoms with Gasteiger partial charge in [0.1, 0.15) is 11.5 Å². The van der Waals surface area contributed by atoms with Crippen LogP contribution >= 0.6 is 0 Å². The molecular weight excluding hydrogens is 468 g/mol. The van der Waals surface area contributed by atoms with Crippen LogP contribution in [0.3, 0.4) is 0 Å². The fourth-order valence-electron chi connectivity index (χ4n) is 3.34. The molecule has 0 heterocycles. The van der Waals surface area contributed by atoms with Crippen LogP contribution in [0, 0.1) is 10.1 Å². The van der Waals surface area contributed by atoms with Gasteiger partial charge in [0, 0.05) is 49.2 Å². The lowest BCUT2D eigenvalue weighted by Crippen LogP contribution is -2.18. The minimum atomic E-state index is -0.611. The molecule has 36 heavy (non-hydrogen) atoms. The van der Waals surface area contributed by atoms with Crippen molar-refractivity contribution in [2.45, 2.75) is 0 Å². The molecule has 3 aromatic rings. The van der Waals surface area contributed by atoms with Crippen molar-refractivity contribution in [1.29, 1.82) is 0 Å². The number of nitrogens with one attached hydrogen (secondary N) is 3. The SMILES string of the molecule is COCCNc1ccc([N+](=O)[O-])cc1C(=O)Nc1cc(OC)c(NC(=O)c2ccccc2)cc1OC. The van der Waals surface area contributed by atoms with Crippen LogP contribution < -0.4 is 25.4 Å². The third-order valence-electron chi connectivity index (χ3n) is 5.13. The van der Waals surface area contributed by atoms with Crippen molar-refractivity contribution in [3.05, 3.63) is 81.9 Å². The molecule has 0 unspecified atom stereocenters. The van der Waals surface area contributed by atoms with E-state index in [-0.39, 0.29) is 34.3 Å². The molecule has 0 atom stereocenters. The van der Waals surface area contributed by atoms with Gasteiger partial charge in [-0.2, -0.15) is 0 Å². The van der Waals surface area contributed by atoms with E-state index in [1.807, 2.05) is 0 Å². The quantitative estimate of drug-likeness (QED) is 0.205. The van der Waals surface area contributed by atoms with Crippen LogP contribution in [0.25, 0.3) is 0 Å². The van der Waals surface area contributed by atoms with E-state index in [9.17, 15) is 19.7 Å². The molecule has 2 amide bonds. The summed E-state index contributed by atoms with van der Waals surface area (Å²) in [6.07, 6.45) is 0. The molecule has 11 heteroatoms. The molecule has 188 valence electrons. The minimum absolute atomic E-state index is 0.0581. The van der Waals surface area contributed by atoms with E-state index in [0.717, 1.165) is 0 Å². The average molecular weight is 495 g/mol. The largest absolute Gasteiger partial charge is 0.494 e. The standard InChI is InChI=1S/C25H26N4O7/c1-34-12-11-26-19-10-9-17(29(32)33)13-18(19)25(31)28-21-15-22(35-2)20(14-23(21)36-3)27-24(30)16-7-5-4-6-8-16/h4-10,13-15,26H,11-12H2,1-3H3,(H,27,30)(H,28,31). The second kappa shape index (κ2) is 12.2. The number of rotatable bonds is 11. The van der Waals surface area contributed by atoms with Crippen molar-refractivity contribution in [3.8, 4) is 11.5 Å². The number of nitro benzene ring substituents is 1. The Labute approximate surface area is 207 Å². The van der Waals surface area contributed by atoms with E-state index in [0.29, 0.717) is 30.1 Å². The van der Waals surface area contributed by atoms with E-state index in [1.165, 1.54) is 51.7 Å². The summed E-state index contributed by atoms with van der Waals surface area (Å²) in [6.45, 7) is 0.765. The van der Waals surface area contributed by atoms with Crippen molar-refractivity contribution >= 4 is 34.6 Å². The Morgan fingerprint density at radius 3 is 2.00 bits per heavy atom. The van der Waals surface area contributed by atoms with E-state index in [2.05, 4.69) is 16.0 Å². The molecular formula is C25H26N4O7. The van der Waals surface area contributed by atoms with Gasteiger partial charge in [-0.25, -0.2) is 0 Å². The Balaban J connectivity index is 1.91. The Kier molecular flexibility index (Phi) is 8.79. The van der Waals surface area contributed by atoms with Crippen LogP contribution in [0.4, 0.5) is 22.7 Å². The zero-order valence-corrected chi connectivity index (χ0v) is 20.0. The highest BCUT2D eigenvalue weighted by molar-refractivity contribution is 6.10. The highest BCUT2D eigenvalue weighted by Crippen LogP contribution is 2.37. The topological polar surface area (TPSA) is 141 Å². The Morgan fingerprint density at radius 2 is 1.44 bits per heavy atom. The van der Waals surface area contributed by atoms with Crippen molar-refractivity contribution in [3.63, 3.8) is 0 Å². The second-order valence-electron chi connectivity index (χ2n) is 7.43. The molecule has 0 aliphatic carbocycles. The summed E-state index contributed by atoms with van der Waals surface area (Å²) in [6, 6.07) is 15.6. The molecule has 3 N–H and O–H groups in total. The summed E-state index contributed by atoms with van der Waals surface area (Å²) in [5.41, 5.74) is 1.25. The van der Waals surface area contributed by atoms with Crippen molar-refractivity contribution in [1.82, 2.24) is 0 Å².